The summed E-state index contributed by atoms with van der Waals surface area (Å²) >= 11 is 0. The number of fused-ring (bicyclic) bond motifs is 1. The second-order valence-electron chi connectivity index (χ2n) is 9.96. The molecule has 4 rings (SSSR count). The summed E-state index contributed by atoms with van der Waals surface area (Å²) in [6.07, 6.45) is 5.16. The molecule has 0 spiro atoms. The average Bonchev–Trinajstić information content (AvgIpc) is 3.47. The van der Waals surface area contributed by atoms with Crippen LogP contribution >= 0.6 is 0 Å². The van der Waals surface area contributed by atoms with E-state index in [1.165, 1.54) is 0 Å². The zero-order valence-electron chi connectivity index (χ0n) is 18.3. The molecule has 6 heteroatoms. The Labute approximate surface area is 173 Å². The molecule has 2 fully saturated rings. The third kappa shape index (κ3) is 4.63. The van der Waals surface area contributed by atoms with Crippen LogP contribution in [0.15, 0.2) is 10.6 Å². The van der Waals surface area contributed by atoms with E-state index in [-0.39, 0.29) is 11.3 Å². The molecule has 6 nitrogen and oxygen atoms in total. The van der Waals surface area contributed by atoms with Crippen molar-refractivity contribution < 1.29 is 9.32 Å². The zero-order valence-corrected chi connectivity index (χ0v) is 18.3. The fourth-order valence-electron chi connectivity index (χ4n) is 4.27. The van der Waals surface area contributed by atoms with Gasteiger partial charge in [-0.25, -0.2) is 4.98 Å². The predicted molar refractivity (Wildman–Crippen MR) is 114 cm³/mol. The van der Waals surface area contributed by atoms with E-state index in [0.717, 1.165) is 80.6 Å². The maximum absolute atomic E-state index is 13.6. The van der Waals surface area contributed by atoms with Gasteiger partial charge in [0.05, 0.1) is 16.6 Å². The Morgan fingerprint density at radius 2 is 1.97 bits per heavy atom. The van der Waals surface area contributed by atoms with Gasteiger partial charge in [-0.2, -0.15) is 0 Å². The summed E-state index contributed by atoms with van der Waals surface area (Å²) in [6, 6.07) is 2.02. The smallest absolute Gasteiger partial charge is 0.259 e. The van der Waals surface area contributed by atoms with Crippen LogP contribution in [-0.4, -0.2) is 47.1 Å². The Bertz CT molecular complexity index is 871. The number of hydrogen-bond donors (Lipinski definition) is 1. The van der Waals surface area contributed by atoms with Gasteiger partial charge in [0.15, 0.2) is 0 Å². The predicted octanol–water partition coefficient (Wildman–Crippen LogP) is 4.15. The van der Waals surface area contributed by atoms with Crippen molar-refractivity contribution in [3.05, 3.63) is 23.0 Å². The van der Waals surface area contributed by atoms with Crippen molar-refractivity contribution in [2.45, 2.75) is 65.7 Å². The molecule has 2 aromatic heterocycles. The molecule has 1 amide bonds. The highest BCUT2D eigenvalue weighted by Gasteiger charge is 2.32. The van der Waals surface area contributed by atoms with Crippen molar-refractivity contribution in [3.8, 4) is 0 Å². The molecule has 0 aromatic carbocycles. The lowest BCUT2D eigenvalue weighted by molar-refractivity contribution is 0.0692. The number of piperidine rings is 1. The first kappa shape index (κ1) is 20.3. The highest BCUT2D eigenvalue weighted by atomic mass is 16.5. The van der Waals surface area contributed by atoms with Crippen LogP contribution in [0.3, 0.4) is 0 Å². The van der Waals surface area contributed by atoms with Crippen molar-refractivity contribution in [1.82, 2.24) is 20.4 Å². The van der Waals surface area contributed by atoms with Crippen molar-refractivity contribution in [2.24, 2.45) is 11.3 Å². The largest absolute Gasteiger partial charge is 0.339 e. The number of carbonyl (C=O) groups is 1. The van der Waals surface area contributed by atoms with Gasteiger partial charge >= 0.3 is 0 Å². The number of aromatic nitrogens is 2. The quantitative estimate of drug-likeness (QED) is 0.791. The van der Waals surface area contributed by atoms with Crippen LogP contribution in [0.2, 0.25) is 0 Å². The summed E-state index contributed by atoms with van der Waals surface area (Å²) in [5, 5.41) is 8.58. The molecule has 2 aliphatic rings. The molecule has 0 atom stereocenters. The van der Waals surface area contributed by atoms with E-state index >= 15 is 0 Å². The summed E-state index contributed by atoms with van der Waals surface area (Å²) in [5.41, 5.74) is 3.17. The highest BCUT2D eigenvalue weighted by Crippen LogP contribution is 2.41. The van der Waals surface area contributed by atoms with Crippen LogP contribution in [0, 0.1) is 11.3 Å². The fourth-order valence-corrected chi connectivity index (χ4v) is 4.27. The van der Waals surface area contributed by atoms with Crippen molar-refractivity contribution >= 4 is 17.0 Å². The van der Waals surface area contributed by atoms with Crippen LogP contribution in [0.4, 0.5) is 0 Å². The SMILES string of the molecule is CCNCC1CCN(C(=O)c2cc(C3CC3)nc3onc(CC(C)(C)C)c23)CC1. The average molecular weight is 399 g/mol. The lowest BCUT2D eigenvalue weighted by Crippen LogP contribution is -2.41. The molecular formula is C23H34N4O2. The van der Waals surface area contributed by atoms with Crippen molar-refractivity contribution in [1.29, 1.82) is 0 Å². The second-order valence-corrected chi connectivity index (χ2v) is 9.96. The Kier molecular flexibility index (Phi) is 5.65. The number of nitrogens with zero attached hydrogens (tertiary/aromatic N) is 3. The zero-order chi connectivity index (χ0) is 20.6. The Morgan fingerprint density at radius 1 is 1.24 bits per heavy atom. The molecule has 3 heterocycles. The molecule has 1 saturated heterocycles. The third-order valence-corrected chi connectivity index (χ3v) is 6.05. The number of likely N-dealkylation sites (tertiary alicyclic amines) is 1. The molecule has 2 aromatic rings. The molecule has 0 radical (unpaired) electrons. The van der Waals surface area contributed by atoms with E-state index in [4.69, 9.17) is 9.51 Å². The standard InChI is InChI=1S/C23H34N4O2/c1-5-24-14-15-8-10-27(11-9-15)22(28)17-12-18(16-6-7-16)25-21-20(17)19(26-29-21)13-23(2,3)4/h12,15-16,24H,5-11,13-14H2,1-4H3. The minimum atomic E-state index is 0.0594. The number of pyridine rings is 1. The van der Waals surface area contributed by atoms with Crippen LogP contribution in [-0.2, 0) is 6.42 Å². The topological polar surface area (TPSA) is 71.3 Å². The monoisotopic (exact) mass is 398 g/mol. The first-order valence-electron chi connectivity index (χ1n) is 11.1. The molecule has 1 aliphatic carbocycles. The molecule has 0 bridgehead atoms. The van der Waals surface area contributed by atoms with Crippen LogP contribution in [0.25, 0.3) is 11.1 Å². The second kappa shape index (κ2) is 8.05. The molecule has 1 aliphatic heterocycles. The van der Waals surface area contributed by atoms with Gasteiger partial charge in [0.2, 0.25) is 0 Å². The van der Waals surface area contributed by atoms with Gasteiger partial charge in [0.1, 0.15) is 0 Å². The van der Waals surface area contributed by atoms with Gasteiger partial charge in [-0.3, -0.25) is 4.79 Å². The van der Waals surface area contributed by atoms with E-state index in [2.05, 4.69) is 38.2 Å². The highest BCUT2D eigenvalue weighted by molar-refractivity contribution is 6.06. The van der Waals surface area contributed by atoms with Crippen LogP contribution < -0.4 is 5.32 Å². The molecule has 29 heavy (non-hydrogen) atoms. The molecule has 1 saturated carbocycles. The maximum Gasteiger partial charge on any atom is 0.259 e. The summed E-state index contributed by atoms with van der Waals surface area (Å²) in [5.74, 6) is 1.23. The minimum Gasteiger partial charge on any atom is -0.339 e. The van der Waals surface area contributed by atoms with Gasteiger partial charge < -0.3 is 14.7 Å². The summed E-state index contributed by atoms with van der Waals surface area (Å²) < 4.78 is 5.61. The Morgan fingerprint density at radius 3 is 2.59 bits per heavy atom. The van der Waals surface area contributed by atoms with Crippen LogP contribution in [0.1, 0.15) is 81.0 Å². The van der Waals surface area contributed by atoms with Crippen molar-refractivity contribution in [2.75, 3.05) is 26.2 Å². The number of amides is 1. The van der Waals surface area contributed by atoms with E-state index in [0.29, 0.717) is 17.5 Å². The van der Waals surface area contributed by atoms with Gasteiger partial charge in [0, 0.05) is 24.7 Å². The van der Waals surface area contributed by atoms with E-state index in [1.54, 1.807) is 0 Å². The number of carbonyl (C=O) groups excluding carboxylic acids is 1. The van der Waals surface area contributed by atoms with Gasteiger partial charge in [-0.05, 0) is 62.6 Å². The Balaban J connectivity index is 1.62. The van der Waals surface area contributed by atoms with Crippen LogP contribution in [0.5, 0.6) is 0 Å². The maximum atomic E-state index is 13.6. The molecular weight excluding hydrogens is 364 g/mol. The summed E-state index contributed by atoms with van der Waals surface area (Å²) in [6.45, 7) is 12.4. The first-order valence-corrected chi connectivity index (χ1v) is 11.1. The minimum absolute atomic E-state index is 0.0594. The fraction of sp³-hybridized carbons (Fsp3) is 0.696. The number of nitrogens with one attached hydrogen (secondary N) is 1. The van der Waals surface area contributed by atoms with E-state index in [1.807, 2.05) is 11.0 Å². The van der Waals surface area contributed by atoms with E-state index in [9.17, 15) is 4.79 Å². The lowest BCUT2D eigenvalue weighted by Gasteiger charge is -2.32. The Hall–Kier alpha value is -1.95. The number of hydrogen-bond acceptors (Lipinski definition) is 5. The van der Waals surface area contributed by atoms with Gasteiger partial charge in [-0.1, -0.05) is 32.9 Å². The third-order valence-electron chi connectivity index (χ3n) is 6.05. The van der Waals surface area contributed by atoms with E-state index < -0.39 is 0 Å². The first-order chi connectivity index (χ1) is 13.9. The van der Waals surface area contributed by atoms with Gasteiger partial charge in [0.25, 0.3) is 11.6 Å². The number of rotatable bonds is 6. The molecule has 1 N–H and O–H groups in total. The normalized spacial score (nSPS) is 18.6. The molecule has 0 unspecified atom stereocenters. The van der Waals surface area contributed by atoms with Gasteiger partial charge in [-0.15, -0.1) is 0 Å². The molecule has 158 valence electrons. The lowest BCUT2D eigenvalue weighted by atomic mass is 9.89. The summed E-state index contributed by atoms with van der Waals surface area (Å²) in [7, 11) is 0. The van der Waals surface area contributed by atoms with Crippen molar-refractivity contribution in [3.63, 3.8) is 0 Å². The summed E-state index contributed by atoms with van der Waals surface area (Å²) in [4.78, 5) is 20.3.